The molecule has 10 heteroatoms. The lowest BCUT2D eigenvalue weighted by Crippen LogP contribution is -2.34. The highest BCUT2D eigenvalue weighted by Gasteiger charge is 2.17. The van der Waals surface area contributed by atoms with Gasteiger partial charge in [0.25, 0.3) is 5.91 Å². The standard InChI is InChI=1S/C28H18Cl2N2O5S/c1-35-24-9-6-15(18-12-16-4-2-3-5-22(16)37-27(18)34)13-21(24)31-28(38)32-26(33)25-11-10-23(36-25)19-14-17(29)7-8-20(19)30/h2-14H,1H3,(H2,31,32,33,38). The number of hydrogen-bond donors (Lipinski definition) is 2. The van der Waals surface area contributed by atoms with Crippen LogP contribution in [0.4, 0.5) is 5.69 Å². The molecular weight excluding hydrogens is 547 g/mol. The number of benzene rings is 3. The molecule has 2 aromatic heterocycles. The molecule has 0 aliphatic carbocycles. The molecule has 5 aromatic rings. The molecule has 0 spiro atoms. The van der Waals surface area contributed by atoms with Gasteiger partial charge in [0.1, 0.15) is 17.1 Å². The molecule has 0 saturated heterocycles. The normalized spacial score (nSPS) is 10.8. The van der Waals surface area contributed by atoms with Gasteiger partial charge in [-0.3, -0.25) is 10.1 Å². The molecular formula is C28H18Cl2N2O5S. The molecule has 0 aliphatic heterocycles. The number of methoxy groups -OCH3 is 1. The van der Waals surface area contributed by atoms with Crippen LogP contribution in [-0.2, 0) is 0 Å². The molecule has 5 rings (SSSR count). The van der Waals surface area contributed by atoms with Crippen molar-refractivity contribution < 1.29 is 18.4 Å². The number of ether oxygens (including phenoxy) is 1. The fourth-order valence-electron chi connectivity index (χ4n) is 3.85. The van der Waals surface area contributed by atoms with Gasteiger partial charge in [-0.25, -0.2) is 4.79 Å². The fraction of sp³-hybridized carbons (Fsp3) is 0.0357. The Bertz CT molecular complexity index is 1760. The second kappa shape index (κ2) is 10.7. The summed E-state index contributed by atoms with van der Waals surface area (Å²) in [7, 11) is 1.50. The number of rotatable bonds is 5. The average molecular weight is 565 g/mol. The van der Waals surface area contributed by atoms with E-state index in [9.17, 15) is 9.59 Å². The molecule has 3 aromatic carbocycles. The highest BCUT2D eigenvalue weighted by atomic mass is 35.5. The van der Waals surface area contributed by atoms with Crippen LogP contribution in [0.1, 0.15) is 10.6 Å². The van der Waals surface area contributed by atoms with Crippen molar-refractivity contribution in [3.05, 3.63) is 105 Å². The fourth-order valence-corrected chi connectivity index (χ4v) is 4.43. The van der Waals surface area contributed by atoms with E-state index in [0.29, 0.717) is 49.5 Å². The van der Waals surface area contributed by atoms with Gasteiger partial charge in [-0.05, 0) is 72.4 Å². The number of nitrogens with one attached hydrogen (secondary N) is 2. The number of thiocarbonyl (C=S) groups is 1. The first-order valence-electron chi connectivity index (χ1n) is 11.2. The summed E-state index contributed by atoms with van der Waals surface area (Å²) >= 11 is 17.6. The summed E-state index contributed by atoms with van der Waals surface area (Å²) in [6.45, 7) is 0. The number of halogens is 2. The van der Waals surface area contributed by atoms with E-state index < -0.39 is 11.5 Å². The molecule has 0 atom stereocenters. The zero-order valence-corrected chi connectivity index (χ0v) is 22.0. The van der Waals surface area contributed by atoms with Crippen molar-refractivity contribution in [1.82, 2.24) is 5.32 Å². The summed E-state index contributed by atoms with van der Waals surface area (Å²) in [5.41, 5.74) is 1.95. The van der Waals surface area contributed by atoms with Crippen molar-refractivity contribution >= 4 is 63.1 Å². The zero-order chi connectivity index (χ0) is 26.8. The van der Waals surface area contributed by atoms with E-state index in [-0.39, 0.29) is 10.9 Å². The Labute approximate surface area is 231 Å². The minimum Gasteiger partial charge on any atom is -0.495 e. The molecule has 0 saturated carbocycles. The SMILES string of the molecule is COc1ccc(-c2cc3ccccc3oc2=O)cc1NC(=S)NC(=O)c1ccc(-c2cc(Cl)ccc2Cl)o1. The maximum atomic E-state index is 12.8. The van der Waals surface area contributed by atoms with Crippen LogP contribution in [0.15, 0.2) is 92.5 Å². The van der Waals surface area contributed by atoms with Crippen LogP contribution in [0.5, 0.6) is 5.75 Å². The number of furan rings is 1. The summed E-state index contributed by atoms with van der Waals surface area (Å²) in [5.74, 6) is 0.281. The molecule has 0 aliphatic rings. The lowest BCUT2D eigenvalue weighted by molar-refractivity contribution is 0.0951. The average Bonchev–Trinajstić information content (AvgIpc) is 3.40. The van der Waals surface area contributed by atoms with E-state index in [1.54, 1.807) is 60.7 Å². The third kappa shape index (κ3) is 5.28. The van der Waals surface area contributed by atoms with Crippen molar-refractivity contribution in [1.29, 1.82) is 0 Å². The second-order valence-corrected chi connectivity index (χ2v) is 9.35. The Balaban J connectivity index is 1.36. The third-order valence-electron chi connectivity index (χ3n) is 5.65. The van der Waals surface area contributed by atoms with Gasteiger partial charge >= 0.3 is 5.63 Å². The van der Waals surface area contributed by atoms with Crippen LogP contribution in [-0.4, -0.2) is 18.1 Å². The predicted octanol–water partition coefficient (Wildman–Crippen LogP) is 7.16. The van der Waals surface area contributed by atoms with Gasteiger partial charge in [0.05, 0.1) is 23.4 Å². The molecule has 0 fully saturated rings. The summed E-state index contributed by atoms with van der Waals surface area (Å²) < 4.78 is 16.6. The first-order valence-corrected chi connectivity index (χ1v) is 12.4. The van der Waals surface area contributed by atoms with Crippen LogP contribution in [0.3, 0.4) is 0 Å². The smallest absolute Gasteiger partial charge is 0.344 e. The molecule has 38 heavy (non-hydrogen) atoms. The summed E-state index contributed by atoms with van der Waals surface area (Å²) in [5, 5.41) is 7.21. The molecule has 2 heterocycles. The van der Waals surface area contributed by atoms with Crippen LogP contribution in [0, 0.1) is 0 Å². The van der Waals surface area contributed by atoms with Crippen LogP contribution >= 0.6 is 35.4 Å². The minimum absolute atomic E-state index is 0.00488. The van der Waals surface area contributed by atoms with E-state index in [0.717, 1.165) is 5.39 Å². The van der Waals surface area contributed by atoms with Gasteiger partial charge in [-0.2, -0.15) is 0 Å². The minimum atomic E-state index is -0.572. The largest absolute Gasteiger partial charge is 0.495 e. The molecule has 0 unspecified atom stereocenters. The molecule has 7 nitrogen and oxygen atoms in total. The first kappa shape index (κ1) is 25.5. The van der Waals surface area contributed by atoms with Crippen molar-refractivity contribution in [2.45, 2.75) is 0 Å². The van der Waals surface area contributed by atoms with Gasteiger partial charge in [-0.1, -0.05) is 47.5 Å². The lowest BCUT2D eigenvalue weighted by Gasteiger charge is -2.14. The van der Waals surface area contributed by atoms with Crippen LogP contribution in [0.2, 0.25) is 10.0 Å². The Kier molecular flexibility index (Phi) is 7.20. The third-order valence-corrected chi connectivity index (χ3v) is 6.42. The van der Waals surface area contributed by atoms with Gasteiger partial charge in [0, 0.05) is 16.0 Å². The number of anilines is 1. The molecule has 190 valence electrons. The van der Waals surface area contributed by atoms with E-state index in [1.165, 1.54) is 13.2 Å². The molecule has 2 N–H and O–H groups in total. The van der Waals surface area contributed by atoms with Crippen molar-refractivity contribution in [2.75, 3.05) is 12.4 Å². The van der Waals surface area contributed by atoms with E-state index >= 15 is 0 Å². The van der Waals surface area contributed by atoms with E-state index in [1.807, 2.05) is 12.1 Å². The molecule has 0 bridgehead atoms. The van der Waals surface area contributed by atoms with E-state index in [4.69, 9.17) is 49.0 Å². The number of hydrogen-bond acceptors (Lipinski definition) is 6. The summed E-state index contributed by atoms with van der Waals surface area (Å²) in [4.78, 5) is 25.4. The zero-order valence-electron chi connectivity index (χ0n) is 19.7. The Morgan fingerprint density at radius 1 is 0.921 bits per heavy atom. The summed E-state index contributed by atoms with van der Waals surface area (Å²) in [6, 6.07) is 22.2. The number of fused-ring (bicyclic) bond motifs is 1. The molecule has 1 amide bonds. The maximum absolute atomic E-state index is 12.8. The van der Waals surface area contributed by atoms with Crippen LogP contribution < -0.4 is 21.0 Å². The number of para-hydroxylation sites is 1. The lowest BCUT2D eigenvalue weighted by atomic mass is 10.0. The number of carbonyl (C=O) groups excluding carboxylic acids is 1. The van der Waals surface area contributed by atoms with Crippen molar-refractivity contribution in [3.8, 4) is 28.2 Å². The topological polar surface area (TPSA) is 93.7 Å². The maximum Gasteiger partial charge on any atom is 0.344 e. The first-order chi connectivity index (χ1) is 18.3. The van der Waals surface area contributed by atoms with Gasteiger partial charge in [-0.15, -0.1) is 0 Å². The number of amides is 1. The van der Waals surface area contributed by atoms with Crippen LogP contribution in [0.25, 0.3) is 33.4 Å². The van der Waals surface area contributed by atoms with Gasteiger partial charge in [0.15, 0.2) is 10.9 Å². The Morgan fingerprint density at radius 3 is 2.55 bits per heavy atom. The van der Waals surface area contributed by atoms with Crippen molar-refractivity contribution in [2.24, 2.45) is 0 Å². The predicted molar refractivity (Wildman–Crippen MR) is 152 cm³/mol. The highest BCUT2D eigenvalue weighted by molar-refractivity contribution is 7.80. The second-order valence-electron chi connectivity index (χ2n) is 8.10. The van der Waals surface area contributed by atoms with Gasteiger partial charge in [0.2, 0.25) is 0 Å². The molecule has 0 radical (unpaired) electrons. The monoisotopic (exact) mass is 564 g/mol. The van der Waals surface area contributed by atoms with Gasteiger partial charge < -0.3 is 18.9 Å². The Morgan fingerprint density at radius 2 is 1.74 bits per heavy atom. The van der Waals surface area contributed by atoms with Crippen molar-refractivity contribution in [3.63, 3.8) is 0 Å². The highest BCUT2D eigenvalue weighted by Crippen LogP contribution is 2.32. The Hall–Kier alpha value is -4.11. The summed E-state index contributed by atoms with van der Waals surface area (Å²) in [6.07, 6.45) is 0. The van der Waals surface area contributed by atoms with E-state index in [2.05, 4.69) is 10.6 Å². The number of carbonyl (C=O) groups is 1. The quantitative estimate of drug-likeness (QED) is 0.173.